The largest absolute Gasteiger partial charge is 0.457 e. The molecule has 2 N–H and O–H groups in total. The van der Waals surface area contributed by atoms with Gasteiger partial charge in [-0.1, -0.05) is 18.2 Å². The molecule has 30 heavy (non-hydrogen) atoms. The molecular formula is C24H25N5O. The topological polar surface area (TPSA) is 74.9 Å². The van der Waals surface area contributed by atoms with Gasteiger partial charge in [0.1, 0.15) is 34.6 Å². The van der Waals surface area contributed by atoms with Gasteiger partial charge >= 0.3 is 0 Å². The molecule has 6 heteroatoms. The molecule has 1 saturated heterocycles. The van der Waals surface area contributed by atoms with Gasteiger partial charge in [-0.05, 0) is 74.7 Å². The van der Waals surface area contributed by atoms with Crippen molar-refractivity contribution < 1.29 is 4.74 Å². The van der Waals surface area contributed by atoms with E-state index in [-0.39, 0.29) is 0 Å². The number of nitrogens with zero attached hydrogens (tertiary/aromatic N) is 3. The second-order valence-corrected chi connectivity index (χ2v) is 7.94. The number of benzene rings is 2. The number of piperidine rings is 1. The predicted octanol–water partition coefficient (Wildman–Crippen LogP) is 4.57. The maximum atomic E-state index is 9.89. The fourth-order valence-electron chi connectivity index (χ4n) is 4.58. The van der Waals surface area contributed by atoms with E-state index >= 15 is 0 Å². The van der Waals surface area contributed by atoms with Crippen LogP contribution in [0.15, 0.2) is 54.6 Å². The molecule has 6 nitrogen and oxygen atoms in total. The minimum absolute atomic E-state index is 0.352. The van der Waals surface area contributed by atoms with Crippen molar-refractivity contribution in [2.75, 3.05) is 25.0 Å². The maximum absolute atomic E-state index is 9.89. The molecule has 2 aromatic carbocycles. The van der Waals surface area contributed by atoms with E-state index in [9.17, 15) is 5.26 Å². The monoisotopic (exact) mass is 399 g/mol. The Balaban J connectivity index is 1.45. The van der Waals surface area contributed by atoms with Crippen LogP contribution in [0.2, 0.25) is 0 Å². The number of hydrogen-bond donors (Lipinski definition) is 2. The SMILES string of the molecule is N#Cc1c(-c2ccc(Oc3ccccc3)cc2)nn2c1NCCC2C1CCNCC1. The third-order valence-electron chi connectivity index (χ3n) is 6.10. The lowest BCUT2D eigenvalue weighted by atomic mass is 9.87. The van der Waals surface area contributed by atoms with Crippen LogP contribution < -0.4 is 15.4 Å². The molecule has 2 aliphatic heterocycles. The van der Waals surface area contributed by atoms with Crippen molar-refractivity contribution >= 4 is 5.82 Å². The van der Waals surface area contributed by atoms with Crippen LogP contribution in [0, 0.1) is 17.2 Å². The predicted molar refractivity (Wildman–Crippen MR) is 117 cm³/mol. The van der Waals surface area contributed by atoms with E-state index in [4.69, 9.17) is 9.84 Å². The average Bonchev–Trinajstić information content (AvgIpc) is 3.19. The fraction of sp³-hybridized carbons (Fsp3) is 0.333. The molecule has 3 heterocycles. The minimum atomic E-state index is 0.352. The molecule has 0 spiro atoms. The number of para-hydroxylation sites is 1. The second-order valence-electron chi connectivity index (χ2n) is 7.94. The van der Waals surface area contributed by atoms with Crippen LogP contribution in [0.5, 0.6) is 11.5 Å². The van der Waals surface area contributed by atoms with Crippen LogP contribution in [0.1, 0.15) is 30.9 Å². The van der Waals surface area contributed by atoms with Gasteiger partial charge in [0.25, 0.3) is 0 Å². The molecule has 1 atom stereocenters. The summed E-state index contributed by atoms with van der Waals surface area (Å²) in [5.74, 6) is 3.03. The first-order valence-electron chi connectivity index (χ1n) is 10.6. The zero-order valence-electron chi connectivity index (χ0n) is 16.8. The van der Waals surface area contributed by atoms with Crippen molar-refractivity contribution in [3.63, 3.8) is 0 Å². The zero-order chi connectivity index (χ0) is 20.3. The van der Waals surface area contributed by atoms with E-state index in [1.54, 1.807) is 0 Å². The minimum Gasteiger partial charge on any atom is -0.457 e. The first-order valence-corrected chi connectivity index (χ1v) is 10.6. The second kappa shape index (κ2) is 8.21. The quantitative estimate of drug-likeness (QED) is 0.672. The lowest BCUT2D eigenvalue weighted by molar-refractivity contribution is 0.231. The Morgan fingerprint density at radius 2 is 1.67 bits per heavy atom. The molecule has 152 valence electrons. The standard InChI is InChI=1S/C24H25N5O/c25-16-21-23(18-6-8-20(9-7-18)30-19-4-2-1-3-5-19)28-29-22(12-15-27-24(21)29)17-10-13-26-14-11-17/h1-9,17,22,26-27H,10-15H2. The van der Waals surface area contributed by atoms with Crippen molar-refractivity contribution in [2.24, 2.45) is 5.92 Å². The molecule has 1 unspecified atom stereocenters. The molecule has 1 aromatic heterocycles. The Morgan fingerprint density at radius 1 is 0.933 bits per heavy atom. The number of hydrogen-bond acceptors (Lipinski definition) is 5. The van der Waals surface area contributed by atoms with E-state index in [0.29, 0.717) is 17.5 Å². The van der Waals surface area contributed by atoms with E-state index in [1.807, 2.05) is 54.6 Å². The molecule has 3 aromatic rings. The number of anilines is 1. The van der Waals surface area contributed by atoms with E-state index in [2.05, 4.69) is 21.4 Å². The van der Waals surface area contributed by atoms with Gasteiger partial charge in [0, 0.05) is 12.1 Å². The molecule has 2 aliphatic rings. The smallest absolute Gasteiger partial charge is 0.143 e. The summed E-state index contributed by atoms with van der Waals surface area (Å²) in [5, 5.41) is 21.7. The van der Waals surface area contributed by atoms with Gasteiger partial charge in [0.15, 0.2) is 0 Å². The van der Waals surface area contributed by atoms with Crippen molar-refractivity contribution in [2.45, 2.75) is 25.3 Å². The van der Waals surface area contributed by atoms with Gasteiger partial charge in [0.05, 0.1) is 6.04 Å². The van der Waals surface area contributed by atoms with E-state index < -0.39 is 0 Å². The summed E-state index contributed by atoms with van der Waals surface area (Å²) < 4.78 is 7.98. The van der Waals surface area contributed by atoms with Gasteiger partial charge in [-0.25, -0.2) is 4.68 Å². The highest BCUT2D eigenvalue weighted by molar-refractivity contribution is 5.74. The molecule has 5 rings (SSSR count). The van der Waals surface area contributed by atoms with Crippen LogP contribution in [-0.2, 0) is 0 Å². The highest BCUT2D eigenvalue weighted by atomic mass is 16.5. The highest BCUT2D eigenvalue weighted by Gasteiger charge is 2.32. The molecular weight excluding hydrogens is 374 g/mol. The first kappa shape index (κ1) is 18.7. The van der Waals surface area contributed by atoms with Crippen LogP contribution in [0.3, 0.4) is 0 Å². The van der Waals surface area contributed by atoms with Crippen LogP contribution in [-0.4, -0.2) is 29.4 Å². The normalized spacial score (nSPS) is 18.8. The van der Waals surface area contributed by atoms with E-state index in [1.165, 1.54) is 0 Å². The van der Waals surface area contributed by atoms with Gasteiger partial charge < -0.3 is 15.4 Å². The molecule has 0 bridgehead atoms. The van der Waals surface area contributed by atoms with Gasteiger partial charge in [0.2, 0.25) is 0 Å². The number of nitrogens with one attached hydrogen (secondary N) is 2. The van der Waals surface area contributed by atoms with Gasteiger partial charge in [-0.3, -0.25) is 0 Å². The Labute approximate surface area is 176 Å². The summed E-state index contributed by atoms with van der Waals surface area (Å²) in [6, 6.07) is 20.3. The van der Waals surface area contributed by atoms with Gasteiger partial charge in [-0.2, -0.15) is 10.4 Å². The number of ether oxygens (including phenoxy) is 1. The third-order valence-corrected chi connectivity index (χ3v) is 6.10. The molecule has 0 amide bonds. The molecule has 0 radical (unpaired) electrons. The number of nitriles is 1. The Kier molecular flexibility index (Phi) is 5.12. The van der Waals surface area contributed by atoms with Crippen molar-refractivity contribution in [3.8, 4) is 28.8 Å². The Hall–Kier alpha value is -3.30. The summed E-state index contributed by atoms with van der Waals surface area (Å²) in [5.41, 5.74) is 2.30. The summed E-state index contributed by atoms with van der Waals surface area (Å²) in [4.78, 5) is 0. The maximum Gasteiger partial charge on any atom is 0.143 e. The van der Waals surface area contributed by atoms with Crippen LogP contribution in [0.4, 0.5) is 5.82 Å². The fourth-order valence-corrected chi connectivity index (χ4v) is 4.58. The summed E-state index contributed by atoms with van der Waals surface area (Å²) >= 11 is 0. The molecule has 1 fully saturated rings. The number of fused-ring (bicyclic) bond motifs is 1. The summed E-state index contributed by atoms with van der Waals surface area (Å²) in [7, 11) is 0. The van der Waals surface area contributed by atoms with Crippen molar-refractivity contribution in [1.82, 2.24) is 15.1 Å². The number of aromatic nitrogens is 2. The van der Waals surface area contributed by atoms with Crippen LogP contribution in [0.25, 0.3) is 11.3 Å². The summed E-state index contributed by atoms with van der Waals surface area (Å²) in [6.45, 7) is 3.01. The Morgan fingerprint density at radius 3 is 2.40 bits per heavy atom. The van der Waals surface area contributed by atoms with Crippen molar-refractivity contribution in [3.05, 3.63) is 60.2 Å². The lowest BCUT2D eigenvalue weighted by Gasteiger charge is -2.34. The number of rotatable bonds is 4. The third kappa shape index (κ3) is 3.53. The zero-order valence-corrected chi connectivity index (χ0v) is 16.8. The Bertz CT molecular complexity index is 1050. The molecule has 0 saturated carbocycles. The van der Waals surface area contributed by atoms with Crippen LogP contribution >= 0.6 is 0 Å². The van der Waals surface area contributed by atoms with Gasteiger partial charge in [-0.15, -0.1) is 0 Å². The summed E-state index contributed by atoms with van der Waals surface area (Å²) in [6.07, 6.45) is 3.37. The average molecular weight is 399 g/mol. The molecule has 0 aliphatic carbocycles. The van der Waals surface area contributed by atoms with Crippen molar-refractivity contribution in [1.29, 1.82) is 5.26 Å². The first-order chi connectivity index (χ1) is 14.8. The lowest BCUT2D eigenvalue weighted by Crippen LogP contribution is -2.36. The van der Waals surface area contributed by atoms with E-state index in [0.717, 1.165) is 67.5 Å². The highest BCUT2D eigenvalue weighted by Crippen LogP contribution is 2.39.